The Hall–Kier alpha value is -2.13. The smallest absolute Gasteiger partial charge is 0.244 e. The molecule has 0 unspecified atom stereocenters. The number of carbonyl (C=O) groups excluding carboxylic acids is 1. The van der Waals surface area contributed by atoms with Crippen molar-refractivity contribution < 1.29 is 9.53 Å². The average molecular weight is 482 g/mol. The summed E-state index contributed by atoms with van der Waals surface area (Å²) in [4.78, 5) is 18.4. The number of benzene rings is 2. The number of guanidine groups is 1. The molecular weight excluding hydrogens is 455 g/mol. The van der Waals surface area contributed by atoms with Crippen molar-refractivity contribution in [2.75, 3.05) is 25.5 Å². The summed E-state index contributed by atoms with van der Waals surface area (Å²) in [6.07, 6.45) is 0. The van der Waals surface area contributed by atoms with E-state index in [1.54, 1.807) is 12.0 Å². The van der Waals surface area contributed by atoms with Crippen LogP contribution in [0.3, 0.4) is 0 Å². The zero-order valence-electron chi connectivity index (χ0n) is 15.7. The fraction of sp³-hybridized carbons (Fsp3) is 0.300. The molecule has 0 atom stereocenters. The number of nitrogens with zero attached hydrogens (tertiary/aromatic N) is 2. The lowest BCUT2D eigenvalue weighted by atomic mass is 10.2. The Labute approximate surface area is 177 Å². The van der Waals surface area contributed by atoms with Gasteiger partial charge in [0.1, 0.15) is 6.54 Å². The fourth-order valence-electron chi connectivity index (χ4n) is 2.53. The van der Waals surface area contributed by atoms with Crippen LogP contribution in [0.25, 0.3) is 0 Å². The molecule has 0 aromatic heterocycles. The lowest BCUT2D eigenvalue weighted by Gasteiger charge is -2.20. The molecule has 1 amide bonds. The molecule has 0 bridgehead atoms. The van der Waals surface area contributed by atoms with Crippen molar-refractivity contribution in [3.05, 3.63) is 65.7 Å². The summed E-state index contributed by atoms with van der Waals surface area (Å²) in [5, 5.41) is 3.03. The van der Waals surface area contributed by atoms with Gasteiger partial charge in [-0.1, -0.05) is 48.5 Å². The zero-order chi connectivity index (χ0) is 18.8. The first-order chi connectivity index (χ1) is 12.6. The first-order valence-electron chi connectivity index (χ1n) is 8.59. The summed E-state index contributed by atoms with van der Waals surface area (Å²) < 4.78 is 5.17. The molecular formula is C20H27IN4O2. The summed E-state index contributed by atoms with van der Waals surface area (Å²) in [6.45, 7) is 3.61. The Kier molecular flexibility index (Phi) is 10.4. The maximum absolute atomic E-state index is 12.4. The van der Waals surface area contributed by atoms with Crippen LogP contribution in [0.1, 0.15) is 18.1 Å². The van der Waals surface area contributed by atoms with Crippen molar-refractivity contribution in [3.8, 4) is 0 Å². The number of ether oxygens (including phenoxy) is 1. The predicted octanol–water partition coefficient (Wildman–Crippen LogP) is 3.23. The van der Waals surface area contributed by atoms with Crippen LogP contribution in [0.5, 0.6) is 0 Å². The van der Waals surface area contributed by atoms with Crippen molar-refractivity contribution in [1.82, 2.24) is 4.90 Å². The predicted molar refractivity (Wildman–Crippen MR) is 120 cm³/mol. The number of likely N-dealkylation sites (N-methyl/N-ethyl adjacent to an activating group) is 1. The molecule has 2 aromatic rings. The third-order valence-electron chi connectivity index (χ3n) is 3.92. The van der Waals surface area contributed by atoms with Crippen molar-refractivity contribution >= 4 is 41.5 Å². The molecule has 3 N–H and O–H groups in total. The lowest BCUT2D eigenvalue weighted by molar-refractivity contribution is -0.130. The van der Waals surface area contributed by atoms with E-state index < -0.39 is 0 Å². The molecule has 27 heavy (non-hydrogen) atoms. The van der Waals surface area contributed by atoms with Gasteiger partial charge in [0.05, 0.1) is 6.61 Å². The topological polar surface area (TPSA) is 80.0 Å². The highest BCUT2D eigenvalue weighted by Gasteiger charge is 2.12. The number of nitrogens with one attached hydrogen (secondary N) is 1. The molecule has 2 rings (SSSR count). The number of methoxy groups -OCH3 is 1. The molecule has 0 radical (unpaired) electrons. The average Bonchev–Trinajstić information content (AvgIpc) is 2.67. The van der Waals surface area contributed by atoms with Gasteiger partial charge in [0, 0.05) is 31.5 Å². The number of halogens is 1. The highest BCUT2D eigenvalue weighted by Crippen LogP contribution is 2.15. The molecule has 0 aliphatic rings. The number of para-hydroxylation sites is 1. The van der Waals surface area contributed by atoms with Gasteiger partial charge in [-0.3, -0.25) is 4.79 Å². The Morgan fingerprint density at radius 1 is 1.15 bits per heavy atom. The molecule has 0 spiro atoms. The number of hydrogen-bond acceptors (Lipinski definition) is 3. The van der Waals surface area contributed by atoms with Gasteiger partial charge in [-0.05, 0) is 18.6 Å². The number of hydrogen-bond donors (Lipinski definition) is 2. The van der Waals surface area contributed by atoms with E-state index in [-0.39, 0.29) is 42.4 Å². The summed E-state index contributed by atoms with van der Waals surface area (Å²) in [5.41, 5.74) is 8.82. The van der Waals surface area contributed by atoms with Gasteiger partial charge in [0.2, 0.25) is 5.91 Å². The van der Waals surface area contributed by atoms with Gasteiger partial charge in [0.25, 0.3) is 0 Å². The van der Waals surface area contributed by atoms with Crippen LogP contribution < -0.4 is 11.1 Å². The molecule has 0 saturated carbocycles. The second kappa shape index (κ2) is 12.3. The number of aliphatic imine (C=N–C) groups is 1. The maximum Gasteiger partial charge on any atom is 0.244 e. The summed E-state index contributed by atoms with van der Waals surface area (Å²) in [7, 11) is 1.64. The van der Waals surface area contributed by atoms with E-state index in [0.29, 0.717) is 19.7 Å². The van der Waals surface area contributed by atoms with Crippen LogP contribution in [0, 0.1) is 0 Å². The minimum absolute atomic E-state index is 0. The Bertz CT molecular complexity index is 738. The van der Waals surface area contributed by atoms with Crippen molar-refractivity contribution in [3.63, 3.8) is 0 Å². The molecule has 7 heteroatoms. The van der Waals surface area contributed by atoms with Crippen LogP contribution in [0.4, 0.5) is 5.69 Å². The Morgan fingerprint density at radius 2 is 1.81 bits per heavy atom. The summed E-state index contributed by atoms with van der Waals surface area (Å²) >= 11 is 0. The fourth-order valence-corrected chi connectivity index (χ4v) is 2.53. The van der Waals surface area contributed by atoms with Gasteiger partial charge < -0.3 is 20.7 Å². The standard InChI is InChI=1S/C20H26N4O2.HI/c1-3-24(14-16-9-5-4-6-10-16)19(25)13-22-20(21)23-18-12-8-7-11-17(18)15-26-2;/h4-12H,3,13-15H2,1-2H3,(H3,21,22,23);1H. The molecule has 6 nitrogen and oxygen atoms in total. The van der Waals surface area contributed by atoms with Gasteiger partial charge >= 0.3 is 0 Å². The Morgan fingerprint density at radius 3 is 2.48 bits per heavy atom. The molecule has 146 valence electrons. The highest BCUT2D eigenvalue weighted by atomic mass is 127. The van der Waals surface area contributed by atoms with Gasteiger partial charge in [-0.15, -0.1) is 24.0 Å². The van der Waals surface area contributed by atoms with E-state index in [1.165, 1.54) is 0 Å². The maximum atomic E-state index is 12.4. The lowest BCUT2D eigenvalue weighted by Crippen LogP contribution is -2.33. The van der Waals surface area contributed by atoms with Crippen LogP contribution in [0.2, 0.25) is 0 Å². The zero-order valence-corrected chi connectivity index (χ0v) is 18.1. The van der Waals surface area contributed by atoms with Crippen LogP contribution in [-0.2, 0) is 22.7 Å². The second-order valence-electron chi connectivity index (χ2n) is 5.81. The molecule has 0 heterocycles. The van der Waals surface area contributed by atoms with E-state index >= 15 is 0 Å². The van der Waals surface area contributed by atoms with Crippen LogP contribution in [0.15, 0.2) is 59.6 Å². The quantitative estimate of drug-likeness (QED) is 0.344. The molecule has 0 fully saturated rings. The first-order valence-corrected chi connectivity index (χ1v) is 8.59. The van der Waals surface area contributed by atoms with E-state index in [1.807, 2.05) is 61.5 Å². The van der Waals surface area contributed by atoms with E-state index in [4.69, 9.17) is 10.5 Å². The van der Waals surface area contributed by atoms with Gasteiger partial charge in [-0.25, -0.2) is 4.99 Å². The Balaban J connectivity index is 0.00000364. The van der Waals surface area contributed by atoms with E-state index in [9.17, 15) is 4.79 Å². The van der Waals surface area contributed by atoms with Gasteiger partial charge in [0.15, 0.2) is 5.96 Å². The first kappa shape index (κ1) is 22.9. The minimum atomic E-state index is -0.0636. The monoisotopic (exact) mass is 482 g/mol. The molecule has 0 aliphatic carbocycles. The minimum Gasteiger partial charge on any atom is -0.380 e. The van der Waals surface area contributed by atoms with Crippen molar-refractivity contribution in [1.29, 1.82) is 0 Å². The normalized spacial score (nSPS) is 10.8. The van der Waals surface area contributed by atoms with Crippen LogP contribution in [-0.4, -0.2) is 37.0 Å². The number of carbonyl (C=O) groups is 1. The largest absolute Gasteiger partial charge is 0.380 e. The van der Waals surface area contributed by atoms with Gasteiger partial charge in [-0.2, -0.15) is 0 Å². The number of nitrogens with two attached hydrogens (primary N) is 1. The van der Waals surface area contributed by atoms with E-state index in [2.05, 4.69) is 10.3 Å². The molecule has 2 aromatic carbocycles. The molecule has 0 aliphatic heterocycles. The number of amides is 1. The van der Waals surface area contributed by atoms with Crippen molar-refractivity contribution in [2.24, 2.45) is 10.7 Å². The second-order valence-corrected chi connectivity index (χ2v) is 5.81. The van der Waals surface area contributed by atoms with E-state index in [0.717, 1.165) is 16.8 Å². The highest BCUT2D eigenvalue weighted by molar-refractivity contribution is 14.0. The van der Waals surface area contributed by atoms with Crippen molar-refractivity contribution in [2.45, 2.75) is 20.1 Å². The number of rotatable bonds is 8. The molecule has 0 saturated heterocycles. The summed E-state index contributed by atoms with van der Waals surface area (Å²) in [6, 6.07) is 17.6. The van der Waals surface area contributed by atoms with Crippen LogP contribution >= 0.6 is 24.0 Å². The number of anilines is 1. The summed E-state index contributed by atoms with van der Waals surface area (Å²) in [5.74, 6) is 0.143. The SMILES string of the molecule is CCN(Cc1ccccc1)C(=O)CN=C(N)Nc1ccccc1COC.I. The third-order valence-corrected chi connectivity index (χ3v) is 3.92. The third kappa shape index (κ3) is 7.56.